The van der Waals surface area contributed by atoms with Crippen molar-refractivity contribution in [3.8, 4) is 0 Å². The minimum absolute atomic E-state index is 0.0468. The topological polar surface area (TPSA) is 98.2 Å². The lowest BCUT2D eigenvalue weighted by Gasteiger charge is -2.26. The Hall–Kier alpha value is -1.88. The molecule has 0 bridgehead atoms. The lowest BCUT2D eigenvalue weighted by atomic mass is 9.85. The van der Waals surface area contributed by atoms with Gasteiger partial charge < -0.3 is 16.8 Å². The number of nitrogens with two attached hydrogens (primary N) is 2. The summed E-state index contributed by atoms with van der Waals surface area (Å²) in [7, 11) is 0. The zero-order valence-corrected chi connectivity index (χ0v) is 11.5. The highest BCUT2D eigenvalue weighted by Crippen LogP contribution is 2.38. The van der Waals surface area contributed by atoms with E-state index in [0.29, 0.717) is 12.2 Å². The van der Waals surface area contributed by atoms with E-state index in [1.54, 1.807) is 12.1 Å². The second-order valence-electron chi connectivity index (χ2n) is 5.45. The van der Waals surface area contributed by atoms with Gasteiger partial charge in [-0.2, -0.15) is 0 Å². The number of carbonyl (C=O) groups excluding carboxylic acids is 2. The van der Waals surface area contributed by atoms with Gasteiger partial charge in [-0.15, -0.1) is 0 Å². The van der Waals surface area contributed by atoms with Crippen molar-refractivity contribution in [3.05, 3.63) is 29.8 Å². The summed E-state index contributed by atoms with van der Waals surface area (Å²) in [5.41, 5.74) is 12.0. The number of anilines is 1. The molecule has 5 heteroatoms. The fourth-order valence-electron chi connectivity index (χ4n) is 2.81. The highest BCUT2D eigenvalue weighted by atomic mass is 16.2. The van der Waals surface area contributed by atoms with E-state index in [1.807, 2.05) is 12.1 Å². The number of primary amides is 1. The zero-order chi connectivity index (χ0) is 14.6. The van der Waals surface area contributed by atoms with Gasteiger partial charge in [-0.25, -0.2) is 0 Å². The Morgan fingerprint density at radius 3 is 2.45 bits per heavy atom. The van der Waals surface area contributed by atoms with Crippen molar-refractivity contribution in [2.24, 2.45) is 16.9 Å². The fraction of sp³-hybridized carbons (Fsp3) is 0.467. The Kier molecular flexibility index (Phi) is 4.39. The molecule has 2 rings (SSSR count). The maximum Gasteiger partial charge on any atom is 0.231 e. The molecule has 5 N–H and O–H groups in total. The molecular formula is C15H21N3O2. The van der Waals surface area contributed by atoms with Gasteiger partial charge >= 0.3 is 0 Å². The Morgan fingerprint density at radius 1 is 1.20 bits per heavy atom. The molecule has 0 saturated heterocycles. The summed E-state index contributed by atoms with van der Waals surface area (Å²) < 4.78 is 0. The second-order valence-corrected chi connectivity index (χ2v) is 5.45. The number of rotatable bonds is 5. The smallest absolute Gasteiger partial charge is 0.231 e. The lowest BCUT2D eigenvalue weighted by Crippen LogP contribution is -2.40. The van der Waals surface area contributed by atoms with Crippen LogP contribution in [0.1, 0.15) is 31.2 Å². The van der Waals surface area contributed by atoms with Crippen LogP contribution in [0.3, 0.4) is 0 Å². The highest BCUT2D eigenvalue weighted by molar-refractivity contribution is 5.97. The van der Waals surface area contributed by atoms with Crippen LogP contribution < -0.4 is 16.8 Å². The summed E-state index contributed by atoms with van der Waals surface area (Å²) >= 11 is 0. The van der Waals surface area contributed by atoms with Crippen molar-refractivity contribution in [1.29, 1.82) is 0 Å². The van der Waals surface area contributed by atoms with E-state index in [1.165, 1.54) is 0 Å². The van der Waals surface area contributed by atoms with Gasteiger partial charge in [0.05, 0.1) is 11.8 Å². The Balaban J connectivity index is 2.17. The van der Waals surface area contributed by atoms with Crippen LogP contribution in [0.25, 0.3) is 0 Å². The van der Waals surface area contributed by atoms with Crippen LogP contribution in [-0.2, 0) is 16.0 Å². The van der Waals surface area contributed by atoms with Gasteiger partial charge in [0.15, 0.2) is 0 Å². The van der Waals surface area contributed by atoms with Crippen molar-refractivity contribution in [1.82, 2.24) is 0 Å². The summed E-state index contributed by atoms with van der Waals surface area (Å²) in [6.07, 6.45) is 3.84. The van der Waals surface area contributed by atoms with Gasteiger partial charge in [-0.1, -0.05) is 31.0 Å². The van der Waals surface area contributed by atoms with E-state index in [9.17, 15) is 9.59 Å². The van der Waals surface area contributed by atoms with Crippen LogP contribution in [0.2, 0.25) is 0 Å². The maximum atomic E-state index is 12.5. The van der Waals surface area contributed by atoms with Crippen LogP contribution in [0.4, 0.5) is 5.69 Å². The molecule has 0 aliphatic heterocycles. The Morgan fingerprint density at radius 2 is 1.85 bits per heavy atom. The number of hydrogen-bond donors (Lipinski definition) is 3. The van der Waals surface area contributed by atoms with Gasteiger partial charge in [0.25, 0.3) is 0 Å². The predicted octanol–water partition coefficient (Wildman–Crippen LogP) is 1.17. The number of benzene rings is 1. The number of nitrogens with one attached hydrogen (secondary N) is 1. The van der Waals surface area contributed by atoms with E-state index >= 15 is 0 Å². The molecule has 0 unspecified atom stereocenters. The average Bonchev–Trinajstić information content (AvgIpc) is 2.90. The average molecular weight is 275 g/mol. The zero-order valence-electron chi connectivity index (χ0n) is 11.5. The predicted molar refractivity (Wildman–Crippen MR) is 77.9 cm³/mol. The molecule has 0 spiro atoms. The molecule has 1 aliphatic carbocycles. The molecular weight excluding hydrogens is 254 g/mol. The van der Waals surface area contributed by atoms with Gasteiger partial charge in [0, 0.05) is 12.2 Å². The standard InChI is InChI=1S/C15H21N3O2/c16-10-15(7-3-4-8-15)14(20)18-12-6-2-1-5-11(12)9-13(17)19/h1-2,5-6H,3-4,7-10,16H2,(H2,17,19)(H,18,20). The Bertz CT molecular complexity index is 508. The van der Waals surface area contributed by atoms with Gasteiger partial charge in [-0.05, 0) is 24.5 Å². The molecule has 1 fully saturated rings. The molecule has 1 saturated carbocycles. The van der Waals surface area contributed by atoms with Crippen molar-refractivity contribution in [2.75, 3.05) is 11.9 Å². The first kappa shape index (κ1) is 14.5. The number of carbonyl (C=O) groups is 2. The first-order chi connectivity index (χ1) is 9.57. The van der Waals surface area contributed by atoms with Crippen LogP contribution in [0.5, 0.6) is 0 Å². The number of para-hydroxylation sites is 1. The summed E-state index contributed by atoms with van der Waals surface area (Å²) in [4.78, 5) is 23.6. The quantitative estimate of drug-likeness (QED) is 0.752. The second kappa shape index (κ2) is 6.05. The van der Waals surface area contributed by atoms with Gasteiger partial charge in [0.2, 0.25) is 11.8 Å². The first-order valence-electron chi connectivity index (χ1n) is 6.95. The minimum atomic E-state index is -0.458. The van der Waals surface area contributed by atoms with E-state index in [4.69, 9.17) is 11.5 Å². The highest BCUT2D eigenvalue weighted by Gasteiger charge is 2.39. The molecule has 5 nitrogen and oxygen atoms in total. The van der Waals surface area contributed by atoms with Crippen LogP contribution >= 0.6 is 0 Å². The van der Waals surface area contributed by atoms with Crippen LogP contribution in [0, 0.1) is 5.41 Å². The maximum absolute atomic E-state index is 12.5. The molecule has 0 atom stereocenters. The molecule has 0 radical (unpaired) electrons. The van der Waals surface area contributed by atoms with Crippen molar-refractivity contribution in [3.63, 3.8) is 0 Å². The van der Waals surface area contributed by atoms with Crippen molar-refractivity contribution < 1.29 is 9.59 Å². The van der Waals surface area contributed by atoms with Crippen molar-refractivity contribution >= 4 is 17.5 Å². The monoisotopic (exact) mass is 275 g/mol. The largest absolute Gasteiger partial charge is 0.369 e. The molecule has 0 heterocycles. The normalized spacial score (nSPS) is 16.9. The van der Waals surface area contributed by atoms with E-state index in [0.717, 1.165) is 31.2 Å². The molecule has 2 amide bonds. The third-order valence-corrected chi connectivity index (χ3v) is 4.06. The molecule has 1 aliphatic rings. The SMILES string of the molecule is NCC1(C(=O)Nc2ccccc2CC(N)=O)CCCC1. The molecule has 20 heavy (non-hydrogen) atoms. The molecule has 1 aromatic carbocycles. The van der Waals surface area contributed by atoms with Crippen LogP contribution in [0.15, 0.2) is 24.3 Å². The first-order valence-corrected chi connectivity index (χ1v) is 6.95. The number of amides is 2. The minimum Gasteiger partial charge on any atom is -0.369 e. The third kappa shape index (κ3) is 2.99. The Labute approximate surface area is 118 Å². The van der Waals surface area contributed by atoms with E-state index in [2.05, 4.69) is 5.32 Å². The van der Waals surface area contributed by atoms with Crippen molar-refractivity contribution in [2.45, 2.75) is 32.1 Å². The van der Waals surface area contributed by atoms with E-state index < -0.39 is 11.3 Å². The molecule has 108 valence electrons. The summed E-state index contributed by atoms with van der Waals surface area (Å²) in [6, 6.07) is 7.23. The lowest BCUT2D eigenvalue weighted by molar-refractivity contribution is -0.125. The fourth-order valence-corrected chi connectivity index (χ4v) is 2.81. The number of hydrogen-bond acceptors (Lipinski definition) is 3. The summed E-state index contributed by atoms with van der Waals surface area (Å²) in [5, 5.41) is 2.92. The van der Waals surface area contributed by atoms with Crippen LogP contribution in [-0.4, -0.2) is 18.4 Å². The molecule has 1 aromatic rings. The third-order valence-electron chi connectivity index (χ3n) is 4.06. The summed E-state index contributed by atoms with van der Waals surface area (Å²) in [6.45, 7) is 0.358. The van der Waals surface area contributed by atoms with Gasteiger partial charge in [0.1, 0.15) is 0 Å². The summed E-state index contributed by atoms with van der Waals surface area (Å²) in [5.74, 6) is -0.462. The van der Waals surface area contributed by atoms with Gasteiger partial charge in [-0.3, -0.25) is 9.59 Å². The van der Waals surface area contributed by atoms with E-state index in [-0.39, 0.29) is 12.3 Å². The molecule has 0 aromatic heterocycles.